The molecule has 0 radical (unpaired) electrons. The molecule has 0 N–H and O–H groups in total. The molecule has 4 heteroatoms. The molecule has 1 aliphatic heterocycles. The van der Waals surface area contributed by atoms with Gasteiger partial charge in [-0.2, -0.15) is 0 Å². The topological polar surface area (TPSA) is 52.6 Å². The fourth-order valence-corrected chi connectivity index (χ4v) is 1.74. The Labute approximate surface area is 89.9 Å². The first-order chi connectivity index (χ1) is 6.89. The summed E-state index contributed by atoms with van der Waals surface area (Å²) in [4.78, 5) is 22.9. The molecule has 1 heterocycles. The zero-order chi connectivity index (χ0) is 11.6. The van der Waals surface area contributed by atoms with Gasteiger partial charge >= 0.3 is 11.9 Å². The van der Waals surface area contributed by atoms with Gasteiger partial charge in [-0.1, -0.05) is 6.92 Å². The van der Waals surface area contributed by atoms with Crippen molar-refractivity contribution in [2.75, 3.05) is 7.11 Å². The van der Waals surface area contributed by atoms with Gasteiger partial charge in [0.25, 0.3) is 0 Å². The smallest absolute Gasteiger partial charge is 0.315 e. The van der Waals surface area contributed by atoms with Crippen LogP contribution in [0.25, 0.3) is 0 Å². The lowest BCUT2D eigenvalue weighted by Crippen LogP contribution is -2.44. The number of rotatable bonds is 2. The maximum atomic E-state index is 11.5. The average Bonchev–Trinajstić information content (AvgIpc) is 2.20. The number of hydrogen-bond acceptors (Lipinski definition) is 4. The van der Waals surface area contributed by atoms with Crippen molar-refractivity contribution in [3.8, 4) is 0 Å². The van der Waals surface area contributed by atoms with Gasteiger partial charge in [0.2, 0.25) is 0 Å². The Bertz CT molecular complexity index is 270. The van der Waals surface area contributed by atoms with E-state index in [1.165, 1.54) is 7.11 Å². The third kappa shape index (κ3) is 2.30. The molecular weight excluding hydrogens is 196 g/mol. The molecule has 15 heavy (non-hydrogen) atoms. The van der Waals surface area contributed by atoms with E-state index < -0.39 is 5.41 Å². The summed E-state index contributed by atoms with van der Waals surface area (Å²) < 4.78 is 9.95. The Morgan fingerprint density at radius 3 is 2.53 bits per heavy atom. The van der Waals surface area contributed by atoms with Crippen molar-refractivity contribution in [2.24, 2.45) is 11.3 Å². The largest absolute Gasteiger partial charge is 0.469 e. The first kappa shape index (κ1) is 12.0. The van der Waals surface area contributed by atoms with Crippen molar-refractivity contribution in [2.45, 2.75) is 39.7 Å². The first-order valence-electron chi connectivity index (χ1n) is 5.18. The van der Waals surface area contributed by atoms with E-state index in [1.54, 1.807) is 13.8 Å². The van der Waals surface area contributed by atoms with E-state index in [4.69, 9.17) is 9.47 Å². The lowest BCUT2D eigenvalue weighted by Gasteiger charge is -2.35. The summed E-state index contributed by atoms with van der Waals surface area (Å²) in [6.45, 7) is 5.32. The number of cyclic esters (lactones) is 1. The summed E-state index contributed by atoms with van der Waals surface area (Å²) in [5, 5.41) is 0. The molecule has 2 atom stereocenters. The van der Waals surface area contributed by atoms with Crippen molar-refractivity contribution in [1.29, 1.82) is 0 Å². The Balaban J connectivity index is 2.72. The molecule has 1 saturated heterocycles. The molecule has 0 spiro atoms. The quantitative estimate of drug-likeness (QED) is 0.654. The van der Waals surface area contributed by atoms with Crippen LogP contribution in [0.15, 0.2) is 0 Å². The molecule has 1 fully saturated rings. The molecular formula is C11H18O4. The van der Waals surface area contributed by atoms with Gasteiger partial charge < -0.3 is 9.47 Å². The molecule has 0 amide bonds. The second-order valence-corrected chi connectivity index (χ2v) is 4.62. The first-order valence-corrected chi connectivity index (χ1v) is 5.18. The number of methoxy groups -OCH3 is 1. The lowest BCUT2D eigenvalue weighted by atomic mass is 9.81. The highest BCUT2D eigenvalue weighted by atomic mass is 16.6. The zero-order valence-electron chi connectivity index (χ0n) is 9.70. The van der Waals surface area contributed by atoms with Crippen molar-refractivity contribution in [3.05, 3.63) is 0 Å². The maximum absolute atomic E-state index is 11.5. The molecule has 1 rings (SSSR count). The molecule has 86 valence electrons. The van der Waals surface area contributed by atoms with Crippen molar-refractivity contribution in [1.82, 2.24) is 0 Å². The highest BCUT2D eigenvalue weighted by molar-refractivity contribution is 5.78. The predicted octanol–water partition coefficient (Wildman–Crippen LogP) is 1.53. The van der Waals surface area contributed by atoms with Gasteiger partial charge in [0.1, 0.15) is 6.10 Å². The molecule has 0 aliphatic carbocycles. The number of hydrogen-bond donors (Lipinski definition) is 0. The summed E-state index contributed by atoms with van der Waals surface area (Å²) in [5.41, 5.74) is -0.759. The minimum atomic E-state index is -0.759. The normalized spacial score (nSPS) is 27.1. The van der Waals surface area contributed by atoms with E-state index in [0.717, 1.165) is 12.8 Å². The van der Waals surface area contributed by atoms with Gasteiger partial charge in [-0.05, 0) is 26.7 Å². The molecule has 0 aromatic rings. The van der Waals surface area contributed by atoms with Crippen LogP contribution in [0.4, 0.5) is 0 Å². The molecule has 4 nitrogen and oxygen atoms in total. The third-order valence-corrected chi connectivity index (χ3v) is 3.04. The van der Waals surface area contributed by atoms with E-state index in [-0.39, 0.29) is 24.0 Å². The summed E-state index contributed by atoms with van der Waals surface area (Å²) in [5.74, 6) is -0.618. The van der Waals surface area contributed by atoms with Gasteiger partial charge in [0.05, 0.1) is 18.4 Å². The van der Waals surface area contributed by atoms with E-state index in [1.807, 2.05) is 6.92 Å². The van der Waals surface area contributed by atoms with Crippen LogP contribution < -0.4 is 0 Å². The SMILES string of the molecule is COC(=O)C(C)(C)[C@@H]1CCC(C)C(=O)O1. The second-order valence-electron chi connectivity index (χ2n) is 4.62. The summed E-state index contributed by atoms with van der Waals surface area (Å²) in [6, 6.07) is 0. The average molecular weight is 214 g/mol. The Hall–Kier alpha value is -1.06. The summed E-state index contributed by atoms with van der Waals surface area (Å²) in [6.07, 6.45) is 1.12. The molecule has 0 aromatic heterocycles. The lowest BCUT2D eigenvalue weighted by molar-refractivity contribution is -0.177. The zero-order valence-corrected chi connectivity index (χ0v) is 9.70. The fraction of sp³-hybridized carbons (Fsp3) is 0.818. The molecule has 1 aliphatic rings. The van der Waals surface area contributed by atoms with E-state index in [0.29, 0.717) is 0 Å². The Morgan fingerprint density at radius 1 is 1.47 bits per heavy atom. The van der Waals surface area contributed by atoms with E-state index >= 15 is 0 Å². The Morgan fingerprint density at radius 2 is 2.07 bits per heavy atom. The van der Waals surface area contributed by atoms with Crippen LogP contribution in [0, 0.1) is 11.3 Å². The van der Waals surface area contributed by atoms with Crippen LogP contribution in [0.5, 0.6) is 0 Å². The highest BCUT2D eigenvalue weighted by Gasteiger charge is 2.43. The Kier molecular flexibility index (Phi) is 3.37. The minimum Gasteiger partial charge on any atom is -0.469 e. The summed E-state index contributed by atoms with van der Waals surface area (Å²) in [7, 11) is 1.34. The molecule has 0 saturated carbocycles. The van der Waals surface area contributed by atoms with Crippen molar-refractivity contribution >= 4 is 11.9 Å². The van der Waals surface area contributed by atoms with Crippen LogP contribution in [0.3, 0.4) is 0 Å². The maximum Gasteiger partial charge on any atom is 0.315 e. The molecule has 0 aromatic carbocycles. The third-order valence-electron chi connectivity index (χ3n) is 3.04. The van der Waals surface area contributed by atoms with Crippen LogP contribution in [-0.2, 0) is 19.1 Å². The number of esters is 2. The number of carbonyl (C=O) groups excluding carboxylic acids is 2. The minimum absolute atomic E-state index is 0.0605. The number of ether oxygens (including phenoxy) is 2. The molecule has 1 unspecified atom stereocenters. The summed E-state index contributed by atoms with van der Waals surface area (Å²) >= 11 is 0. The number of carbonyl (C=O) groups is 2. The van der Waals surface area contributed by atoms with Gasteiger partial charge in [-0.3, -0.25) is 9.59 Å². The van der Waals surface area contributed by atoms with Gasteiger partial charge in [0.15, 0.2) is 0 Å². The van der Waals surface area contributed by atoms with Gasteiger partial charge in [-0.25, -0.2) is 0 Å². The van der Waals surface area contributed by atoms with Crippen LogP contribution >= 0.6 is 0 Å². The van der Waals surface area contributed by atoms with E-state index in [9.17, 15) is 9.59 Å². The predicted molar refractivity (Wildman–Crippen MR) is 54.1 cm³/mol. The van der Waals surface area contributed by atoms with Crippen LogP contribution in [-0.4, -0.2) is 25.2 Å². The van der Waals surface area contributed by atoms with E-state index in [2.05, 4.69) is 0 Å². The van der Waals surface area contributed by atoms with Crippen molar-refractivity contribution < 1.29 is 19.1 Å². The van der Waals surface area contributed by atoms with Gasteiger partial charge in [-0.15, -0.1) is 0 Å². The van der Waals surface area contributed by atoms with Crippen molar-refractivity contribution in [3.63, 3.8) is 0 Å². The van der Waals surface area contributed by atoms with Crippen LogP contribution in [0.1, 0.15) is 33.6 Å². The second kappa shape index (κ2) is 4.21. The standard InChI is InChI=1S/C11H18O4/c1-7-5-6-8(15-9(7)12)11(2,3)10(13)14-4/h7-8H,5-6H2,1-4H3/t7?,8-/m0/s1. The fourth-order valence-electron chi connectivity index (χ4n) is 1.74. The highest BCUT2D eigenvalue weighted by Crippen LogP contribution is 2.33. The van der Waals surface area contributed by atoms with Gasteiger partial charge in [0, 0.05) is 0 Å². The van der Waals surface area contributed by atoms with Crippen LogP contribution in [0.2, 0.25) is 0 Å². The monoisotopic (exact) mass is 214 g/mol. The molecule has 0 bridgehead atoms.